The zero-order valence-electron chi connectivity index (χ0n) is 9.76. The number of rotatable bonds is 2. The van der Waals surface area contributed by atoms with Crippen molar-refractivity contribution in [3.05, 3.63) is 23.4 Å². The minimum absolute atomic E-state index is 0.0128. The molecule has 1 unspecified atom stereocenters. The predicted octanol–water partition coefficient (Wildman–Crippen LogP) is 1.61. The van der Waals surface area contributed by atoms with Gasteiger partial charge in [0, 0.05) is 18.2 Å². The third kappa shape index (κ3) is 2.24. The molecule has 0 aromatic carbocycles. The maximum Gasteiger partial charge on any atom is 0.413 e. The lowest BCUT2D eigenvalue weighted by molar-refractivity contribution is 0.201. The third-order valence-electron chi connectivity index (χ3n) is 3.07. The number of nitrogens with zero attached hydrogens (tertiary/aromatic N) is 2. The Kier molecular flexibility index (Phi) is 3.28. The SMILES string of the molecule is CC(CO)c1ccc2c(n1)N(C(=O)O)CCC2. The van der Waals surface area contributed by atoms with Crippen LogP contribution >= 0.6 is 0 Å². The number of hydrogen-bond acceptors (Lipinski definition) is 3. The van der Waals surface area contributed by atoms with Gasteiger partial charge in [0.2, 0.25) is 0 Å². The van der Waals surface area contributed by atoms with Crippen molar-refractivity contribution in [1.82, 2.24) is 4.98 Å². The van der Waals surface area contributed by atoms with Crippen LogP contribution in [0.5, 0.6) is 0 Å². The number of aliphatic hydroxyl groups is 1. The molecule has 1 aromatic heterocycles. The molecule has 1 aromatic rings. The highest BCUT2D eigenvalue weighted by molar-refractivity contribution is 5.86. The van der Waals surface area contributed by atoms with Crippen molar-refractivity contribution in [2.45, 2.75) is 25.7 Å². The van der Waals surface area contributed by atoms with E-state index in [1.54, 1.807) is 0 Å². The lowest BCUT2D eigenvalue weighted by atomic mass is 10.0. The minimum atomic E-state index is -0.966. The number of carbonyl (C=O) groups is 1. The van der Waals surface area contributed by atoms with Crippen molar-refractivity contribution in [2.24, 2.45) is 0 Å². The molecular weight excluding hydrogens is 220 g/mol. The Morgan fingerprint density at radius 1 is 1.59 bits per heavy atom. The van der Waals surface area contributed by atoms with E-state index in [1.165, 1.54) is 4.90 Å². The lowest BCUT2D eigenvalue weighted by Gasteiger charge is -2.26. The van der Waals surface area contributed by atoms with Crippen molar-refractivity contribution >= 4 is 11.9 Å². The van der Waals surface area contributed by atoms with Gasteiger partial charge in [0.15, 0.2) is 0 Å². The van der Waals surface area contributed by atoms with Crippen LogP contribution in [0.4, 0.5) is 10.6 Å². The summed E-state index contributed by atoms with van der Waals surface area (Å²) in [6.07, 6.45) is 0.725. The first-order valence-corrected chi connectivity index (χ1v) is 5.74. The van der Waals surface area contributed by atoms with E-state index >= 15 is 0 Å². The molecule has 5 nitrogen and oxygen atoms in total. The number of carboxylic acid groups (broad SMARTS) is 1. The van der Waals surface area contributed by atoms with Crippen molar-refractivity contribution in [3.63, 3.8) is 0 Å². The zero-order chi connectivity index (χ0) is 12.4. The first kappa shape index (κ1) is 11.9. The van der Waals surface area contributed by atoms with E-state index in [1.807, 2.05) is 19.1 Å². The zero-order valence-corrected chi connectivity index (χ0v) is 9.76. The number of pyridine rings is 1. The number of aromatic nitrogens is 1. The van der Waals surface area contributed by atoms with Gasteiger partial charge in [0.1, 0.15) is 5.82 Å². The molecule has 92 valence electrons. The molecule has 0 spiro atoms. The fourth-order valence-electron chi connectivity index (χ4n) is 2.01. The average Bonchev–Trinajstić information content (AvgIpc) is 2.36. The van der Waals surface area contributed by atoms with E-state index in [-0.39, 0.29) is 12.5 Å². The van der Waals surface area contributed by atoms with Crippen LogP contribution < -0.4 is 4.90 Å². The molecule has 0 radical (unpaired) electrons. The summed E-state index contributed by atoms with van der Waals surface area (Å²) in [5, 5.41) is 18.2. The molecule has 0 saturated heterocycles. The van der Waals surface area contributed by atoms with E-state index in [2.05, 4.69) is 4.98 Å². The number of hydrogen-bond donors (Lipinski definition) is 2. The predicted molar refractivity (Wildman–Crippen MR) is 63.4 cm³/mol. The van der Waals surface area contributed by atoms with E-state index in [4.69, 9.17) is 10.2 Å². The van der Waals surface area contributed by atoms with Gasteiger partial charge in [-0.1, -0.05) is 13.0 Å². The Balaban J connectivity index is 2.40. The van der Waals surface area contributed by atoms with Crippen LogP contribution in [-0.2, 0) is 6.42 Å². The molecule has 17 heavy (non-hydrogen) atoms. The maximum atomic E-state index is 11.1. The molecule has 1 atom stereocenters. The second-order valence-electron chi connectivity index (χ2n) is 4.34. The normalized spacial score (nSPS) is 16.5. The van der Waals surface area contributed by atoms with E-state index < -0.39 is 6.09 Å². The van der Waals surface area contributed by atoms with Crippen LogP contribution in [0.3, 0.4) is 0 Å². The molecule has 5 heteroatoms. The summed E-state index contributed by atoms with van der Waals surface area (Å²) in [7, 11) is 0. The van der Waals surface area contributed by atoms with E-state index in [0.29, 0.717) is 12.4 Å². The molecule has 1 aliphatic rings. The van der Waals surface area contributed by atoms with Gasteiger partial charge >= 0.3 is 6.09 Å². The van der Waals surface area contributed by atoms with Gasteiger partial charge < -0.3 is 10.2 Å². The molecule has 1 amide bonds. The Labute approximate surface area is 99.7 Å². The largest absolute Gasteiger partial charge is 0.465 e. The van der Waals surface area contributed by atoms with Crippen molar-refractivity contribution < 1.29 is 15.0 Å². The average molecular weight is 236 g/mol. The number of aliphatic hydroxyl groups excluding tert-OH is 1. The van der Waals surface area contributed by atoms with Crippen LogP contribution in [0.2, 0.25) is 0 Å². The van der Waals surface area contributed by atoms with Crippen LogP contribution in [0.1, 0.15) is 30.5 Å². The summed E-state index contributed by atoms with van der Waals surface area (Å²) >= 11 is 0. The molecule has 0 aliphatic carbocycles. The Bertz CT molecular complexity index is 434. The third-order valence-corrected chi connectivity index (χ3v) is 3.07. The minimum Gasteiger partial charge on any atom is -0.465 e. The van der Waals surface area contributed by atoms with Crippen molar-refractivity contribution in [1.29, 1.82) is 0 Å². The van der Waals surface area contributed by atoms with Gasteiger partial charge in [-0.15, -0.1) is 0 Å². The Morgan fingerprint density at radius 2 is 2.35 bits per heavy atom. The molecule has 0 saturated carbocycles. The summed E-state index contributed by atoms with van der Waals surface area (Å²) in [4.78, 5) is 16.8. The number of amides is 1. The van der Waals surface area contributed by atoms with E-state index in [9.17, 15) is 4.79 Å². The Hall–Kier alpha value is -1.62. The fraction of sp³-hybridized carbons (Fsp3) is 0.500. The van der Waals surface area contributed by atoms with Crippen LogP contribution in [0, 0.1) is 0 Å². The number of fused-ring (bicyclic) bond motifs is 1. The molecule has 2 rings (SSSR count). The standard InChI is InChI=1S/C12H16N2O3/c1-8(7-15)10-5-4-9-3-2-6-14(12(16)17)11(9)13-10/h4-5,8,15H,2-3,6-7H2,1H3,(H,16,17). The first-order chi connectivity index (χ1) is 8.13. The second kappa shape index (κ2) is 4.71. The van der Waals surface area contributed by atoms with Crippen LogP contribution in [-0.4, -0.2) is 34.4 Å². The second-order valence-corrected chi connectivity index (χ2v) is 4.34. The van der Waals surface area contributed by atoms with Gasteiger partial charge in [-0.2, -0.15) is 0 Å². The van der Waals surface area contributed by atoms with Crippen molar-refractivity contribution in [3.8, 4) is 0 Å². The Morgan fingerprint density at radius 3 is 3.00 bits per heavy atom. The highest BCUT2D eigenvalue weighted by atomic mass is 16.4. The monoisotopic (exact) mass is 236 g/mol. The molecular formula is C12H16N2O3. The summed E-state index contributed by atoms with van der Waals surface area (Å²) < 4.78 is 0. The van der Waals surface area contributed by atoms with Gasteiger partial charge in [-0.25, -0.2) is 9.78 Å². The highest BCUT2D eigenvalue weighted by Gasteiger charge is 2.24. The van der Waals surface area contributed by atoms with Gasteiger partial charge in [0.25, 0.3) is 0 Å². The van der Waals surface area contributed by atoms with Gasteiger partial charge in [-0.05, 0) is 24.5 Å². The topological polar surface area (TPSA) is 73.7 Å². The number of anilines is 1. The maximum absolute atomic E-state index is 11.1. The molecule has 1 aliphatic heterocycles. The summed E-state index contributed by atoms with van der Waals surface area (Å²) in [6.45, 7) is 2.37. The summed E-state index contributed by atoms with van der Waals surface area (Å²) in [6, 6.07) is 3.78. The molecule has 0 bridgehead atoms. The van der Waals surface area contributed by atoms with Crippen LogP contribution in [0.25, 0.3) is 0 Å². The van der Waals surface area contributed by atoms with Gasteiger partial charge in [-0.3, -0.25) is 4.90 Å². The van der Waals surface area contributed by atoms with Crippen molar-refractivity contribution in [2.75, 3.05) is 18.1 Å². The van der Waals surface area contributed by atoms with E-state index in [0.717, 1.165) is 24.1 Å². The highest BCUT2D eigenvalue weighted by Crippen LogP contribution is 2.27. The van der Waals surface area contributed by atoms with Gasteiger partial charge in [0.05, 0.1) is 6.61 Å². The fourth-order valence-corrected chi connectivity index (χ4v) is 2.01. The first-order valence-electron chi connectivity index (χ1n) is 5.74. The molecule has 2 heterocycles. The van der Waals surface area contributed by atoms with Crippen LogP contribution in [0.15, 0.2) is 12.1 Å². The number of aryl methyl sites for hydroxylation is 1. The lowest BCUT2D eigenvalue weighted by Crippen LogP contribution is -2.35. The quantitative estimate of drug-likeness (QED) is 0.818. The molecule has 0 fully saturated rings. The summed E-state index contributed by atoms with van der Waals surface area (Å²) in [5.41, 5.74) is 1.70. The summed E-state index contributed by atoms with van der Waals surface area (Å²) in [5.74, 6) is 0.458. The smallest absolute Gasteiger partial charge is 0.413 e. The molecule has 2 N–H and O–H groups in total.